The second kappa shape index (κ2) is 7.85. The van der Waals surface area contributed by atoms with Crippen molar-refractivity contribution in [2.75, 3.05) is 23.4 Å². The van der Waals surface area contributed by atoms with E-state index in [1.54, 1.807) is 34.2 Å². The summed E-state index contributed by atoms with van der Waals surface area (Å²) in [5, 5.41) is 26.7. The zero-order chi connectivity index (χ0) is 20.8. The Kier molecular flexibility index (Phi) is 5.76. The average Bonchev–Trinajstić information content (AvgIpc) is 3.38. The molecule has 4 rings (SSSR count). The number of carbonyl (C=O) groups excluding carboxylic acids is 1. The Morgan fingerprint density at radius 3 is 2.80 bits per heavy atom. The van der Waals surface area contributed by atoms with Gasteiger partial charge in [-0.3, -0.25) is 14.4 Å². The van der Waals surface area contributed by atoms with Gasteiger partial charge < -0.3 is 10.4 Å². The summed E-state index contributed by atoms with van der Waals surface area (Å²) in [5.74, 6) is 0.778. The molecule has 0 radical (unpaired) electrons. The second-order valence-electron chi connectivity index (χ2n) is 8.58. The SMILES string of the molecule is C[C@@H]1CN(c2ccnc(Nc3cnn(C(C)(C)CO)c3)n2)C(=O)[C@@]1(C#N)C1CC1.Cl. The van der Waals surface area contributed by atoms with Crippen molar-refractivity contribution in [1.29, 1.82) is 5.26 Å². The Morgan fingerprint density at radius 1 is 1.43 bits per heavy atom. The van der Waals surface area contributed by atoms with E-state index >= 15 is 0 Å². The number of halogens is 1. The molecule has 2 aliphatic rings. The van der Waals surface area contributed by atoms with Gasteiger partial charge in [-0.15, -0.1) is 12.4 Å². The first-order chi connectivity index (χ1) is 13.8. The van der Waals surface area contributed by atoms with Gasteiger partial charge in [-0.05, 0) is 38.7 Å². The minimum absolute atomic E-state index is 0. The molecular formula is C20H26ClN7O2. The first-order valence-corrected chi connectivity index (χ1v) is 9.81. The van der Waals surface area contributed by atoms with E-state index in [1.165, 1.54) is 0 Å². The summed E-state index contributed by atoms with van der Waals surface area (Å²) in [6, 6.07) is 4.02. The predicted molar refractivity (Wildman–Crippen MR) is 113 cm³/mol. The molecule has 2 N–H and O–H groups in total. The van der Waals surface area contributed by atoms with E-state index in [2.05, 4.69) is 26.5 Å². The van der Waals surface area contributed by atoms with E-state index in [0.717, 1.165) is 12.8 Å². The molecule has 9 nitrogen and oxygen atoms in total. The molecule has 0 unspecified atom stereocenters. The fourth-order valence-corrected chi connectivity index (χ4v) is 3.98. The molecule has 0 aromatic carbocycles. The summed E-state index contributed by atoms with van der Waals surface area (Å²) in [6.07, 6.45) is 6.85. The minimum Gasteiger partial charge on any atom is -0.394 e. The standard InChI is InChI=1S/C20H25N7O2.ClH/c1-13-9-26(17(29)20(13,11-21)14-4-5-14)16-6-7-22-18(25-16)24-15-8-23-27(10-15)19(2,3)12-28;/h6-8,10,13-14,28H,4-5,9,12H2,1-3H3,(H,22,24,25);1H/t13-,20-;/m1./s1. The van der Waals surface area contributed by atoms with Gasteiger partial charge in [0.05, 0.1) is 30.1 Å². The van der Waals surface area contributed by atoms with Crippen LogP contribution in [0.1, 0.15) is 33.6 Å². The maximum Gasteiger partial charge on any atom is 0.249 e. The lowest BCUT2D eigenvalue weighted by atomic mass is 9.75. The quantitative estimate of drug-likeness (QED) is 0.720. The van der Waals surface area contributed by atoms with E-state index in [-0.39, 0.29) is 36.8 Å². The maximum absolute atomic E-state index is 13.2. The maximum atomic E-state index is 13.2. The average molecular weight is 432 g/mol. The lowest BCUT2D eigenvalue weighted by Crippen LogP contribution is -2.37. The summed E-state index contributed by atoms with van der Waals surface area (Å²) < 4.78 is 1.67. The molecule has 10 heteroatoms. The smallest absolute Gasteiger partial charge is 0.249 e. The number of aromatic nitrogens is 4. The van der Waals surface area contributed by atoms with Crippen molar-refractivity contribution in [2.24, 2.45) is 17.3 Å². The molecule has 0 spiro atoms. The monoisotopic (exact) mass is 431 g/mol. The Morgan fingerprint density at radius 2 is 2.17 bits per heavy atom. The Labute approximate surface area is 181 Å². The number of nitrogens with zero attached hydrogens (tertiary/aromatic N) is 6. The van der Waals surface area contributed by atoms with Crippen LogP contribution in [-0.2, 0) is 10.3 Å². The van der Waals surface area contributed by atoms with Gasteiger partial charge in [-0.25, -0.2) is 4.98 Å². The first-order valence-electron chi connectivity index (χ1n) is 9.81. The highest BCUT2D eigenvalue weighted by Crippen LogP contribution is 2.54. The zero-order valence-electron chi connectivity index (χ0n) is 17.2. The van der Waals surface area contributed by atoms with Gasteiger partial charge >= 0.3 is 0 Å². The van der Waals surface area contributed by atoms with E-state index < -0.39 is 11.0 Å². The number of amides is 1. The lowest BCUT2D eigenvalue weighted by Gasteiger charge is -2.22. The third-order valence-corrected chi connectivity index (χ3v) is 6.00. The minimum atomic E-state index is -0.935. The van der Waals surface area contributed by atoms with Crippen molar-refractivity contribution in [3.63, 3.8) is 0 Å². The normalized spacial score (nSPS) is 23.8. The van der Waals surface area contributed by atoms with E-state index in [1.807, 2.05) is 20.8 Å². The largest absolute Gasteiger partial charge is 0.394 e. The van der Waals surface area contributed by atoms with Gasteiger partial charge in [0.15, 0.2) is 0 Å². The Hall–Kier alpha value is -2.70. The third-order valence-electron chi connectivity index (χ3n) is 6.00. The van der Waals surface area contributed by atoms with Crippen LogP contribution in [0.2, 0.25) is 0 Å². The van der Waals surface area contributed by atoms with Gasteiger partial charge in [0.1, 0.15) is 11.2 Å². The third kappa shape index (κ3) is 3.50. The van der Waals surface area contributed by atoms with Crippen molar-refractivity contribution >= 4 is 35.8 Å². The molecular weight excluding hydrogens is 406 g/mol. The Bertz CT molecular complexity index is 982. The number of aliphatic hydroxyl groups excluding tert-OH is 1. The topological polar surface area (TPSA) is 120 Å². The molecule has 160 valence electrons. The highest BCUT2D eigenvalue weighted by Gasteiger charge is 2.61. The van der Waals surface area contributed by atoms with Gasteiger partial charge in [0.25, 0.3) is 0 Å². The summed E-state index contributed by atoms with van der Waals surface area (Å²) in [6.45, 7) is 6.15. The van der Waals surface area contributed by atoms with Crippen LogP contribution in [0.3, 0.4) is 0 Å². The van der Waals surface area contributed by atoms with Gasteiger partial charge in [-0.1, -0.05) is 6.92 Å². The number of carbonyl (C=O) groups is 1. The van der Waals surface area contributed by atoms with Crippen molar-refractivity contribution in [2.45, 2.75) is 39.2 Å². The van der Waals surface area contributed by atoms with E-state index in [9.17, 15) is 15.2 Å². The molecule has 2 atom stereocenters. The number of rotatable bonds is 6. The molecule has 3 heterocycles. The van der Waals surface area contributed by atoms with Crippen LogP contribution in [0, 0.1) is 28.6 Å². The van der Waals surface area contributed by atoms with Gasteiger partial charge in [0, 0.05) is 24.9 Å². The van der Waals surface area contributed by atoms with Crippen LogP contribution in [0.15, 0.2) is 24.7 Å². The predicted octanol–water partition coefficient (Wildman–Crippen LogP) is 2.47. The Balaban J connectivity index is 0.00000256. The zero-order valence-corrected chi connectivity index (χ0v) is 18.1. The summed E-state index contributed by atoms with van der Waals surface area (Å²) in [4.78, 5) is 23.5. The number of nitrogens with one attached hydrogen (secondary N) is 1. The summed E-state index contributed by atoms with van der Waals surface area (Å²) >= 11 is 0. The number of aliphatic hydroxyl groups is 1. The fraction of sp³-hybridized carbons (Fsp3) is 0.550. The number of anilines is 3. The summed E-state index contributed by atoms with van der Waals surface area (Å²) in [7, 11) is 0. The lowest BCUT2D eigenvalue weighted by molar-refractivity contribution is -0.124. The van der Waals surface area contributed by atoms with Crippen molar-refractivity contribution < 1.29 is 9.90 Å². The van der Waals surface area contributed by atoms with Crippen LogP contribution in [0.4, 0.5) is 17.5 Å². The molecule has 30 heavy (non-hydrogen) atoms. The number of nitriles is 1. The van der Waals surface area contributed by atoms with E-state index in [0.29, 0.717) is 24.0 Å². The van der Waals surface area contributed by atoms with Crippen LogP contribution in [-0.4, -0.2) is 43.9 Å². The van der Waals surface area contributed by atoms with Crippen LogP contribution in [0.5, 0.6) is 0 Å². The highest BCUT2D eigenvalue weighted by molar-refractivity contribution is 6.02. The molecule has 2 aromatic rings. The van der Waals surface area contributed by atoms with Gasteiger partial charge in [0.2, 0.25) is 11.9 Å². The van der Waals surface area contributed by atoms with Crippen molar-refractivity contribution in [3.05, 3.63) is 24.7 Å². The molecule has 1 aliphatic carbocycles. The molecule has 0 bridgehead atoms. The van der Waals surface area contributed by atoms with Crippen LogP contribution >= 0.6 is 12.4 Å². The second-order valence-corrected chi connectivity index (χ2v) is 8.58. The van der Waals surface area contributed by atoms with Crippen molar-refractivity contribution in [1.82, 2.24) is 19.7 Å². The highest BCUT2D eigenvalue weighted by atomic mass is 35.5. The summed E-state index contributed by atoms with van der Waals surface area (Å²) in [5.41, 5.74) is -0.783. The van der Waals surface area contributed by atoms with Gasteiger partial charge in [-0.2, -0.15) is 15.3 Å². The van der Waals surface area contributed by atoms with E-state index in [4.69, 9.17) is 0 Å². The molecule has 2 aromatic heterocycles. The number of hydrogen-bond donors (Lipinski definition) is 2. The molecule has 1 saturated carbocycles. The molecule has 1 aliphatic heterocycles. The van der Waals surface area contributed by atoms with Crippen molar-refractivity contribution in [3.8, 4) is 6.07 Å². The number of hydrogen-bond acceptors (Lipinski definition) is 7. The van der Waals surface area contributed by atoms with Crippen LogP contribution < -0.4 is 10.2 Å². The fourth-order valence-electron chi connectivity index (χ4n) is 3.98. The molecule has 1 saturated heterocycles. The molecule has 1 amide bonds. The molecule has 2 fully saturated rings. The first kappa shape index (κ1) is 22.0. The van der Waals surface area contributed by atoms with Crippen LogP contribution in [0.25, 0.3) is 0 Å².